The summed E-state index contributed by atoms with van der Waals surface area (Å²) in [6.45, 7) is 8.87. The molecule has 0 radical (unpaired) electrons. The molecule has 1 aliphatic rings. The Labute approximate surface area is 119 Å². The molecule has 0 atom stereocenters. The largest absolute Gasteiger partial charge is 0.376 e. The number of aromatic nitrogens is 4. The van der Waals surface area contributed by atoms with Crippen LogP contribution in [0.3, 0.4) is 0 Å². The fraction of sp³-hybridized carbons (Fsp3) is 0.667. The van der Waals surface area contributed by atoms with E-state index in [1.54, 1.807) is 10.8 Å². The molecule has 20 heavy (non-hydrogen) atoms. The molecular formula is C15H23N5. The lowest BCUT2D eigenvalue weighted by atomic mass is 10.0. The molecule has 5 nitrogen and oxygen atoms in total. The maximum Gasteiger partial charge on any atom is 0.200 e. The number of anilines is 1. The van der Waals surface area contributed by atoms with Gasteiger partial charge in [0.25, 0.3) is 0 Å². The van der Waals surface area contributed by atoms with Crippen molar-refractivity contribution >= 4 is 11.3 Å². The molecule has 1 aliphatic carbocycles. The summed E-state index contributed by atoms with van der Waals surface area (Å²) in [6.07, 6.45) is 5.36. The van der Waals surface area contributed by atoms with Crippen LogP contribution in [0.25, 0.3) is 5.65 Å². The van der Waals surface area contributed by atoms with Crippen molar-refractivity contribution < 1.29 is 0 Å². The van der Waals surface area contributed by atoms with Crippen molar-refractivity contribution in [2.45, 2.75) is 58.4 Å². The summed E-state index contributed by atoms with van der Waals surface area (Å²) in [7, 11) is 0. The number of rotatable bonds is 5. The lowest BCUT2D eigenvalue weighted by Gasteiger charge is -2.21. The maximum atomic E-state index is 4.56. The van der Waals surface area contributed by atoms with Crippen LogP contribution in [0.15, 0.2) is 12.4 Å². The summed E-state index contributed by atoms with van der Waals surface area (Å²) < 4.78 is 1.78. The highest BCUT2D eigenvalue weighted by Crippen LogP contribution is 2.44. The molecule has 1 N–H and O–H groups in total. The fourth-order valence-corrected chi connectivity index (χ4v) is 2.82. The van der Waals surface area contributed by atoms with Crippen LogP contribution in [-0.4, -0.2) is 25.4 Å². The number of nitrogens with zero attached hydrogens (tertiary/aromatic N) is 4. The van der Waals surface area contributed by atoms with Gasteiger partial charge in [0.15, 0.2) is 0 Å². The molecule has 2 aromatic heterocycles. The maximum absolute atomic E-state index is 4.56. The lowest BCUT2D eigenvalue weighted by molar-refractivity contribution is 0.508. The average molecular weight is 273 g/mol. The van der Waals surface area contributed by atoms with E-state index in [1.807, 2.05) is 0 Å². The highest BCUT2D eigenvalue weighted by atomic mass is 15.4. The van der Waals surface area contributed by atoms with Gasteiger partial charge in [0.2, 0.25) is 5.65 Å². The van der Waals surface area contributed by atoms with Crippen molar-refractivity contribution in [2.75, 3.05) is 5.32 Å². The van der Waals surface area contributed by atoms with Crippen molar-refractivity contribution in [1.82, 2.24) is 19.8 Å². The van der Waals surface area contributed by atoms with Crippen LogP contribution in [0.5, 0.6) is 0 Å². The van der Waals surface area contributed by atoms with E-state index in [0.717, 1.165) is 17.0 Å². The third-order valence-corrected chi connectivity index (χ3v) is 3.93. The second-order valence-corrected chi connectivity index (χ2v) is 6.74. The summed E-state index contributed by atoms with van der Waals surface area (Å²) in [5, 5.41) is 16.5. The van der Waals surface area contributed by atoms with Gasteiger partial charge in [-0.15, -0.1) is 10.2 Å². The molecule has 0 bridgehead atoms. The van der Waals surface area contributed by atoms with Gasteiger partial charge in [-0.3, -0.25) is 0 Å². The van der Waals surface area contributed by atoms with Crippen LogP contribution in [0.2, 0.25) is 0 Å². The molecule has 2 heterocycles. The van der Waals surface area contributed by atoms with E-state index in [-0.39, 0.29) is 5.54 Å². The second kappa shape index (κ2) is 4.72. The van der Waals surface area contributed by atoms with E-state index in [2.05, 4.69) is 54.4 Å². The van der Waals surface area contributed by atoms with Gasteiger partial charge >= 0.3 is 0 Å². The van der Waals surface area contributed by atoms with Gasteiger partial charge in [0, 0.05) is 5.54 Å². The van der Waals surface area contributed by atoms with Crippen molar-refractivity contribution in [2.24, 2.45) is 5.92 Å². The Morgan fingerprint density at radius 3 is 2.65 bits per heavy atom. The molecular weight excluding hydrogens is 250 g/mol. The number of nitrogens with one attached hydrogen (secondary N) is 1. The molecule has 0 unspecified atom stereocenters. The van der Waals surface area contributed by atoms with Gasteiger partial charge in [0.1, 0.15) is 6.33 Å². The van der Waals surface area contributed by atoms with Crippen molar-refractivity contribution in [1.29, 1.82) is 0 Å². The first-order valence-electron chi connectivity index (χ1n) is 7.48. The van der Waals surface area contributed by atoms with Crippen molar-refractivity contribution in [3.63, 3.8) is 0 Å². The zero-order valence-corrected chi connectivity index (χ0v) is 12.7. The molecule has 0 spiro atoms. The predicted octanol–water partition coefficient (Wildman–Crippen LogP) is 3.24. The molecule has 1 fully saturated rings. The summed E-state index contributed by atoms with van der Waals surface area (Å²) >= 11 is 0. The van der Waals surface area contributed by atoms with Gasteiger partial charge < -0.3 is 5.32 Å². The first-order valence-corrected chi connectivity index (χ1v) is 7.48. The van der Waals surface area contributed by atoms with Gasteiger partial charge in [-0.05, 0) is 37.2 Å². The number of fused-ring (bicyclic) bond motifs is 1. The zero-order chi connectivity index (χ0) is 14.3. The number of hydrogen-bond acceptors (Lipinski definition) is 4. The van der Waals surface area contributed by atoms with Crippen LogP contribution < -0.4 is 5.32 Å². The summed E-state index contributed by atoms with van der Waals surface area (Å²) in [5.74, 6) is 1.09. The van der Waals surface area contributed by atoms with Gasteiger partial charge in [-0.25, -0.2) is 0 Å². The van der Waals surface area contributed by atoms with E-state index < -0.39 is 0 Å². The molecule has 3 rings (SSSR count). The smallest absolute Gasteiger partial charge is 0.200 e. The Kier molecular flexibility index (Phi) is 3.15. The summed E-state index contributed by atoms with van der Waals surface area (Å²) in [6, 6.07) is 2.13. The molecule has 1 saturated carbocycles. The topological polar surface area (TPSA) is 55.1 Å². The number of hydrogen-bond donors (Lipinski definition) is 1. The van der Waals surface area contributed by atoms with Gasteiger partial charge in [-0.2, -0.15) is 9.61 Å². The summed E-state index contributed by atoms with van der Waals surface area (Å²) in [4.78, 5) is 0. The molecule has 0 saturated heterocycles. The van der Waals surface area contributed by atoms with E-state index >= 15 is 0 Å². The molecule has 0 aromatic carbocycles. The van der Waals surface area contributed by atoms with Crippen LogP contribution in [-0.2, 0) is 0 Å². The van der Waals surface area contributed by atoms with Crippen LogP contribution in [0.1, 0.15) is 58.6 Å². The quantitative estimate of drug-likeness (QED) is 0.908. The van der Waals surface area contributed by atoms with Crippen LogP contribution in [0, 0.1) is 5.92 Å². The second-order valence-electron chi connectivity index (χ2n) is 6.74. The van der Waals surface area contributed by atoms with E-state index in [4.69, 9.17) is 0 Å². The summed E-state index contributed by atoms with van der Waals surface area (Å²) in [5.41, 5.74) is 3.22. The SMILES string of the molecule is CC(C)CC1(Nc2cc(C(C)C)nn3cnnc23)CC1. The molecule has 5 heteroatoms. The Bertz CT molecular complexity index is 610. The van der Waals surface area contributed by atoms with Crippen molar-refractivity contribution in [3.05, 3.63) is 18.1 Å². The minimum absolute atomic E-state index is 0.260. The average Bonchev–Trinajstić information content (AvgIpc) is 2.93. The fourth-order valence-electron chi connectivity index (χ4n) is 2.82. The third-order valence-electron chi connectivity index (χ3n) is 3.93. The first-order chi connectivity index (χ1) is 9.49. The highest BCUT2D eigenvalue weighted by molar-refractivity contribution is 5.68. The Hall–Kier alpha value is -1.65. The monoisotopic (exact) mass is 273 g/mol. The van der Waals surface area contributed by atoms with E-state index in [1.165, 1.54) is 19.3 Å². The van der Waals surface area contributed by atoms with E-state index in [9.17, 15) is 0 Å². The third kappa shape index (κ3) is 2.49. The predicted molar refractivity (Wildman–Crippen MR) is 79.9 cm³/mol. The van der Waals surface area contributed by atoms with Gasteiger partial charge in [0.05, 0.1) is 11.4 Å². The molecule has 108 valence electrons. The molecule has 0 aliphatic heterocycles. The minimum atomic E-state index is 0.260. The normalized spacial score (nSPS) is 17.1. The van der Waals surface area contributed by atoms with Crippen molar-refractivity contribution in [3.8, 4) is 0 Å². The van der Waals surface area contributed by atoms with Gasteiger partial charge in [-0.1, -0.05) is 27.7 Å². The first kappa shape index (κ1) is 13.3. The highest BCUT2D eigenvalue weighted by Gasteiger charge is 2.43. The Balaban J connectivity index is 1.96. The van der Waals surface area contributed by atoms with Crippen LogP contribution >= 0.6 is 0 Å². The minimum Gasteiger partial charge on any atom is -0.376 e. The molecule has 2 aromatic rings. The zero-order valence-electron chi connectivity index (χ0n) is 12.7. The Morgan fingerprint density at radius 1 is 1.30 bits per heavy atom. The standard InChI is InChI=1S/C15H23N5/c1-10(2)8-15(5-6-15)17-13-7-12(11(3)4)19-20-9-16-18-14(13)20/h7,9-11,17H,5-6,8H2,1-4H3. The Morgan fingerprint density at radius 2 is 2.05 bits per heavy atom. The van der Waals surface area contributed by atoms with E-state index in [0.29, 0.717) is 11.8 Å². The lowest BCUT2D eigenvalue weighted by Crippen LogP contribution is -2.24. The van der Waals surface area contributed by atoms with Crippen LogP contribution in [0.4, 0.5) is 5.69 Å². The molecule has 0 amide bonds.